The molecule has 3 amide bonds. The number of amides is 3. The molecule has 6 heteroatoms. The number of para-hydroxylation sites is 1. The van der Waals surface area contributed by atoms with Crippen molar-refractivity contribution in [1.29, 1.82) is 0 Å². The van der Waals surface area contributed by atoms with Gasteiger partial charge in [-0.3, -0.25) is 14.4 Å². The quantitative estimate of drug-likeness (QED) is 0.713. The number of hydrogen-bond acceptors (Lipinski definition) is 3. The number of hydrogen-bond donors (Lipinski definition) is 3. The summed E-state index contributed by atoms with van der Waals surface area (Å²) in [5.41, 5.74) is 2.96. The fraction of sp³-hybridized carbons (Fsp3) is 0.348. The molecule has 0 bridgehead atoms. The van der Waals surface area contributed by atoms with E-state index in [9.17, 15) is 14.4 Å². The molecular formula is C23H27N3O3. The molecule has 1 saturated carbocycles. The van der Waals surface area contributed by atoms with Gasteiger partial charge in [0, 0.05) is 24.0 Å². The van der Waals surface area contributed by atoms with Gasteiger partial charge in [0.2, 0.25) is 17.7 Å². The lowest BCUT2D eigenvalue weighted by molar-refractivity contribution is -0.122. The smallest absolute Gasteiger partial charge is 0.228 e. The van der Waals surface area contributed by atoms with E-state index in [4.69, 9.17) is 0 Å². The Morgan fingerprint density at radius 3 is 2.03 bits per heavy atom. The first kappa shape index (κ1) is 20.6. The standard InChI is InChI=1S/C23H27N3O3/c1-14(27)24-15-8-7-9-16(12-15)25-21(28)17-13-18(17)22(29)26-20-11-6-5-10-19(20)23(2,3)4/h5-12,17-18H,13H2,1-4H3,(H,24,27)(H,25,28)(H,26,29). The first-order valence-electron chi connectivity index (χ1n) is 9.74. The van der Waals surface area contributed by atoms with Crippen LogP contribution in [0.5, 0.6) is 0 Å². The van der Waals surface area contributed by atoms with Gasteiger partial charge in [0.05, 0.1) is 11.8 Å². The second-order valence-corrected chi connectivity index (χ2v) is 8.48. The number of carbonyl (C=O) groups excluding carboxylic acids is 3. The molecule has 0 saturated heterocycles. The van der Waals surface area contributed by atoms with Crippen LogP contribution in [-0.4, -0.2) is 17.7 Å². The van der Waals surface area contributed by atoms with Gasteiger partial charge in [-0.25, -0.2) is 0 Å². The molecule has 2 unspecified atom stereocenters. The van der Waals surface area contributed by atoms with E-state index >= 15 is 0 Å². The Morgan fingerprint density at radius 1 is 0.828 bits per heavy atom. The maximum Gasteiger partial charge on any atom is 0.228 e. The molecule has 1 fully saturated rings. The first-order chi connectivity index (χ1) is 13.6. The van der Waals surface area contributed by atoms with E-state index in [2.05, 4.69) is 36.7 Å². The molecule has 3 N–H and O–H groups in total. The lowest BCUT2D eigenvalue weighted by Gasteiger charge is -2.23. The summed E-state index contributed by atoms with van der Waals surface area (Å²) in [6, 6.07) is 14.7. The van der Waals surface area contributed by atoms with Crippen LogP contribution in [-0.2, 0) is 19.8 Å². The van der Waals surface area contributed by atoms with Crippen molar-refractivity contribution in [2.45, 2.75) is 39.5 Å². The topological polar surface area (TPSA) is 87.3 Å². The molecule has 1 aliphatic carbocycles. The van der Waals surface area contributed by atoms with Crippen molar-refractivity contribution in [2.75, 3.05) is 16.0 Å². The third-order valence-electron chi connectivity index (χ3n) is 4.91. The van der Waals surface area contributed by atoms with E-state index in [1.165, 1.54) is 6.92 Å². The highest BCUT2D eigenvalue weighted by atomic mass is 16.2. The Balaban J connectivity index is 1.60. The number of anilines is 3. The normalized spacial score (nSPS) is 17.9. The van der Waals surface area contributed by atoms with Crippen LogP contribution < -0.4 is 16.0 Å². The largest absolute Gasteiger partial charge is 0.326 e. The van der Waals surface area contributed by atoms with Gasteiger partial charge in [0.1, 0.15) is 0 Å². The van der Waals surface area contributed by atoms with Crippen LogP contribution in [0.3, 0.4) is 0 Å². The second kappa shape index (κ2) is 8.07. The van der Waals surface area contributed by atoms with E-state index in [0.717, 1.165) is 11.3 Å². The van der Waals surface area contributed by atoms with Gasteiger partial charge in [-0.2, -0.15) is 0 Å². The Hall–Kier alpha value is -3.15. The first-order valence-corrected chi connectivity index (χ1v) is 9.74. The molecule has 2 aromatic rings. The minimum atomic E-state index is -0.346. The number of benzene rings is 2. The monoisotopic (exact) mass is 393 g/mol. The lowest BCUT2D eigenvalue weighted by atomic mass is 9.86. The molecule has 0 aromatic heterocycles. The van der Waals surface area contributed by atoms with E-state index in [0.29, 0.717) is 17.8 Å². The van der Waals surface area contributed by atoms with Gasteiger partial charge < -0.3 is 16.0 Å². The van der Waals surface area contributed by atoms with E-state index in [1.807, 2.05) is 24.3 Å². The minimum Gasteiger partial charge on any atom is -0.326 e. The summed E-state index contributed by atoms with van der Waals surface area (Å²) >= 11 is 0. The van der Waals surface area contributed by atoms with Crippen LogP contribution in [0.1, 0.15) is 39.7 Å². The third kappa shape index (κ3) is 5.22. The van der Waals surface area contributed by atoms with Crippen molar-refractivity contribution in [3.63, 3.8) is 0 Å². The zero-order chi connectivity index (χ0) is 21.2. The van der Waals surface area contributed by atoms with Gasteiger partial charge in [0.25, 0.3) is 0 Å². The fourth-order valence-electron chi connectivity index (χ4n) is 3.36. The molecule has 2 aromatic carbocycles. The van der Waals surface area contributed by atoms with Crippen LogP contribution in [0.4, 0.5) is 17.1 Å². The molecule has 152 valence electrons. The van der Waals surface area contributed by atoms with Crippen LogP contribution in [0, 0.1) is 11.8 Å². The number of nitrogens with one attached hydrogen (secondary N) is 3. The Bertz CT molecular complexity index is 946. The second-order valence-electron chi connectivity index (χ2n) is 8.48. The van der Waals surface area contributed by atoms with Crippen LogP contribution in [0.25, 0.3) is 0 Å². The Kier molecular flexibility index (Phi) is 5.73. The van der Waals surface area contributed by atoms with Gasteiger partial charge in [-0.15, -0.1) is 0 Å². The van der Waals surface area contributed by atoms with Crippen molar-refractivity contribution in [3.05, 3.63) is 54.1 Å². The van der Waals surface area contributed by atoms with Crippen molar-refractivity contribution in [1.82, 2.24) is 0 Å². The van der Waals surface area contributed by atoms with Crippen LogP contribution in [0.2, 0.25) is 0 Å². The predicted octanol–water partition coefficient (Wildman–Crippen LogP) is 4.16. The van der Waals surface area contributed by atoms with Crippen LogP contribution in [0.15, 0.2) is 48.5 Å². The summed E-state index contributed by atoms with van der Waals surface area (Å²) < 4.78 is 0. The minimum absolute atomic E-state index is 0.0941. The molecule has 0 radical (unpaired) electrons. The summed E-state index contributed by atoms with van der Waals surface area (Å²) in [5, 5.41) is 8.50. The molecular weight excluding hydrogens is 366 g/mol. The molecule has 3 rings (SSSR count). The highest BCUT2D eigenvalue weighted by Crippen LogP contribution is 2.41. The average Bonchev–Trinajstić information content (AvgIpc) is 3.42. The van der Waals surface area contributed by atoms with E-state index < -0.39 is 0 Å². The molecule has 0 spiro atoms. The number of rotatable bonds is 5. The molecule has 6 nitrogen and oxygen atoms in total. The van der Waals surface area contributed by atoms with Gasteiger partial charge in [-0.05, 0) is 41.7 Å². The summed E-state index contributed by atoms with van der Waals surface area (Å²) in [5.74, 6) is -1.17. The van der Waals surface area contributed by atoms with Gasteiger partial charge in [0.15, 0.2) is 0 Å². The molecule has 2 atom stereocenters. The van der Waals surface area contributed by atoms with Crippen molar-refractivity contribution >= 4 is 34.8 Å². The summed E-state index contributed by atoms with van der Waals surface area (Å²) in [7, 11) is 0. The molecule has 0 heterocycles. The maximum atomic E-state index is 12.7. The van der Waals surface area contributed by atoms with Crippen molar-refractivity contribution in [2.24, 2.45) is 11.8 Å². The Morgan fingerprint density at radius 2 is 1.41 bits per heavy atom. The highest BCUT2D eigenvalue weighted by Gasteiger charge is 2.48. The van der Waals surface area contributed by atoms with E-state index in [1.54, 1.807) is 24.3 Å². The predicted molar refractivity (Wildman–Crippen MR) is 115 cm³/mol. The zero-order valence-electron chi connectivity index (χ0n) is 17.2. The maximum absolute atomic E-state index is 12.7. The van der Waals surface area contributed by atoms with Gasteiger partial charge in [-0.1, -0.05) is 45.0 Å². The number of carbonyl (C=O) groups is 3. The SMILES string of the molecule is CC(=O)Nc1cccc(NC(=O)C2CC2C(=O)Nc2ccccc2C(C)(C)C)c1. The van der Waals surface area contributed by atoms with Crippen molar-refractivity contribution in [3.8, 4) is 0 Å². The van der Waals surface area contributed by atoms with E-state index in [-0.39, 0.29) is 35.0 Å². The van der Waals surface area contributed by atoms with Crippen LogP contribution >= 0.6 is 0 Å². The average molecular weight is 393 g/mol. The lowest BCUT2D eigenvalue weighted by Crippen LogP contribution is -2.22. The molecule has 0 aliphatic heterocycles. The Labute approximate surface area is 171 Å². The summed E-state index contributed by atoms with van der Waals surface area (Å²) in [6.45, 7) is 7.72. The third-order valence-corrected chi connectivity index (χ3v) is 4.91. The summed E-state index contributed by atoms with van der Waals surface area (Å²) in [4.78, 5) is 36.4. The summed E-state index contributed by atoms with van der Waals surface area (Å²) in [6.07, 6.45) is 0.529. The molecule has 29 heavy (non-hydrogen) atoms. The zero-order valence-corrected chi connectivity index (χ0v) is 17.2. The van der Waals surface area contributed by atoms with Crippen molar-refractivity contribution < 1.29 is 14.4 Å². The highest BCUT2D eigenvalue weighted by molar-refractivity contribution is 6.03. The van der Waals surface area contributed by atoms with Gasteiger partial charge >= 0.3 is 0 Å². The molecule has 1 aliphatic rings. The fourth-order valence-corrected chi connectivity index (χ4v) is 3.36.